The standard InChI is InChI=1S/C21H23FN4O2/c22-18-8-4-5-9-19(18)26-15-14-25(21(26)28)16-20(27)24-12-10-23(11-13-24)17-6-2-1-3-7-17/h1-9H,10-16H2. The van der Waals surface area contributed by atoms with Gasteiger partial charge in [-0.2, -0.15) is 0 Å². The van der Waals surface area contributed by atoms with Gasteiger partial charge in [-0.15, -0.1) is 0 Å². The van der Waals surface area contributed by atoms with Crippen molar-refractivity contribution in [2.75, 3.05) is 55.6 Å². The van der Waals surface area contributed by atoms with Crippen LogP contribution >= 0.6 is 0 Å². The summed E-state index contributed by atoms with van der Waals surface area (Å²) in [6.07, 6.45) is 0. The van der Waals surface area contributed by atoms with Gasteiger partial charge in [0.1, 0.15) is 12.4 Å². The van der Waals surface area contributed by atoms with Gasteiger partial charge in [0, 0.05) is 45.0 Å². The monoisotopic (exact) mass is 382 g/mol. The number of rotatable bonds is 4. The van der Waals surface area contributed by atoms with E-state index in [0.29, 0.717) is 26.2 Å². The predicted molar refractivity (Wildman–Crippen MR) is 106 cm³/mol. The van der Waals surface area contributed by atoms with Crippen LogP contribution < -0.4 is 9.80 Å². The molecule has 0 radical (unpaired) electrons. The van der Waals surface area contributed by atoms with Crippen molar-refractivity contribution >= 4 is 23.3 Å². The van der Waals surface area contributed by atoms with Crippen LogP contribution in [0.25, 0.3) is 0 Å². The summed E-state index contributed by atoms with van der Waals surface area (Å²) in [6.45, 7) is 3.64. The number of hydrogen-bond acceptors (Lipinski definition) is 3. The Morgan fingerprint density at radius 2 is 1.54 bits per heavy atom. The second-order valence-corrected chi connectivity index (χ2v) is 7.01. The van der Waals surface area contributed by atoms with Crippen LogP contribution in [-0.4, -0.2) is 67.6 Å². The number of urea groups is 1. The molecule has 6 nitrogen and oxygen atoms in total. The Morgan fingerprint density at radius 1 is 0.857 bits per heavy atom. The van der Waals surface area contributed by atoms with Gasteiger partial charge in [0.25, 0.3) is 0 Å². The van der Waals surface area contributed by atoms with Crippen LogP contribution in [0.5, 0.6) is 0 Å². The zero-order valence-corrected chi connectivity index (χ0v) is 15.6. The summed E-state index contributed by atoms with van der Waals surface area (Å²) < 4.78 is 14.0. The summed E-state index contributed by atoms with van der Waals surface area (Å²) in [5.74, 6) is -0.488. The highest BCUT2D eigenvalue weighted by atomic mass is 19.1. The maximum absolute atomic E-state index is 14.0. The minimum absolute atomic E-state index is 0.0368. The maximum atomic E-state index is 14.0. The fraction of sp³-hybridized carbons (Fsp3) is 0.333. The second kappa shape index (κ2) is 7.88. The normalized spacial score (nSPS) is 17.4. The molecule has 0 saturated carbocycles. The number of halogens is 1. The SMILES string of the molecule is O=C(CN1CCN(c2ccccc2F)C1=O)N1CCN(c2ccccc2)CC1. The molecule has 28 heavy (non-hydrogen) atoms. The van der Waals surface area contributed by atoms with E-state index in [0.717, 1.165) is 18.8 Å². The van der Waals surface area contributed by atoms with Gasteiger partial charge >= 0.3 is 6.03 Å². The Balaban J connectivity index is 1.32. The van der Waals surface area contributed by atoms with E-state index in [1.54, 1.807) is 23.1 Å². The summed E-state index contributed by atoms with van der Waals surface area (Å²) in [6, 6.07) is 16.0. The molecule has 2 aliphatic rings. The molecule has 0 spiro atoms. The summed E-state index contributed by atoms with van der Waals surface area (Å²) in [5, 5.41) is 0. The summed E-state index contributed by atoms with van der Waals surface area (Å²) >= 11 is 0. The van der Waals surface area contributed by atoms with Crippen molar-refractivity contribution in [3.63, 3.8) is 0 Å². The number of hydrogen-bond donors (Lipinski definition) is 0. The summed E-state index contributed by atoms with van der Waals surface area (Å²) in [5.41, 5.74) is 1.42. The van der Waals surface area contributed by atoms with Crippen molar-refractivity contribution in [3.05, 3.63) is 60.4 Å². The van der Waals surface area contributed by atoms with Crippen molar-refractivity contribution in [2.24, 2.45) is 0 Å². The predicted octanol–water partition coefficient (Wildman–Crippen LogP) is 2.42. The lowest BCUT2D eigenvalue weighted by molar-refractivity contribution is -0.131. The van der Waals surface area contributed by atoms with Gasteiger partial charge in [-0.3, -0.25) is 9.69 Å². The number of benzene rings is 2. The van der Waals surface area contributed by atoms with E-state index in [9.17, 15) is 14.0 Å². The van der Waals surface area contributed by atoms with Crippen molar-refractivity contribution < 1.29 is 14.0 Å². The molecule has 7 heteroatoms. The van der Waals surface area contributed by atoms with E-state index in [2.05, 4.69) is 17.0 Å². The lowest BCUT2D eigenvalue weighted by Gasteiger charge is -2.36. The molecule has 2 saturated heterocycles. The topological polar surface area (TPSA) is 47.1 Å². The first-order valence-electron chi connectivity index (χ1n) is 9.52. The number of piperazine rings is 1. The highest BCUT2D eigenvalue weighted by molar-refractivity contribution is 5.96. The molecule has 2 aromatic rings. The van der Waals surface area contributed by atoms with Gasteiger partial charge in [-0.1, -0.05) is 30.3 Å². The molecular weight excluding hydrogens is 359 g/mol. The molecule has 0 aromatic heterocycles. The van der Waals surface area contributed by atoms with E-state index in [4.69, 9.17) is 0 Å². The Kier molecular flexibility index (Phi) is 5.14. The zero-order valence-electron chi connectivity index (χ0n) is 15.6. The van der Waals surface area contributed by atoms with E-state index in [1.807, 2.05) is 18.2 Å². The number of anilines is 2. The first kappa shape index (κ1) is 18.3. The van der Waals surface area contributed by atoms with Gasteiger partial charge in [0.05, 0.1) is 5.69 Å². The number of para-hydroxylation sites is 2. The highest BCUT2D eigenvalue weighted by Gasteiger charge is 2.33. The molecule has 3 amide bonds. The van der Waals surface area contributed by atoms with Gasteiger partial charge in [0.15, 0.2) is 0 Å². The summed E-state index contributed by atoms with van der Waals surface area (Å²) in [4.78, 5) is 32.2. The minimum atomic E-state index is -0.430. The third-order valence-electron chi connectivity index (χ3n) is 5.32. The Hall–Kier alpha value is -3.09. The molecule has 4 rings (SSSR count). The molecule has 2 heterocycles. The fourth-order valence-corrected chi connectivity index (χ4v) is 3.74. The number of carbonyl (C=O) groups excluding carboxylic acids is 2. The van der Waals surface area contributed by atoms with Gasteiger partial charge in [-0.25, -0.2) is 9.18 Å². The van der Waals surface area contributed by atoms with E-state index >= 15 is 0 Å². The van der Waals surface area contributed by atoms with E-state index in [1.165, 1.54) is 15.9 Å². The van der Waals surface area contributed by atoms with Crippen LogP contribution in [0.15, 0.2) is 54.6 Å². The minimum Gasteiger partial charge on any atom is -0.368 e. The Bertz CT molecular complexity index is 852. The maximum Gasteiger partial charge on any atom is 0.325 e. The van der Waals surface area contributed by atoms with E-state index in [-0.39, 0.29) is 24.2 Å². The Morgan fingerprint density at radius 3 is 2.25 bits per heavy atom. The molecule has 2 fully saturated rings. The van der Waals surface area contributed by atoms with Crippen molar-refractivity contribution in [2.45, 2.75) is 0 Å². The van der Waals surface area contributed by atoms with Gasteiger partial charge in [-0.05, 0) is 24.3 Å². The average Bonchev–Trinajstić information content (AvgIpc) is 3.09. The summed E-state index contributed by atoms with van der Waals surface area (Å²) in [7, 11) is 0. The van der Waals surface area contributed by atoms with Crippen LogP contribution in [-0.2, 0) is 4.79 Å². The first-order valence-corrected chi connectivity index (χ1v) is 9.52. The van der Waals surface area contributed by atoms with Crippen LogP contribution in [0, 0.1) is 5.82 Å². The third kappa shape index (κ3) is 3.65. The molecule has 0 unspecified atom stereocenters. The zero-order chi connectivity index (χ0) is 19.5. The number of amides is 3. The van der Waals surface area contributed by atoms with Crippen LogP contribution in [0.3, 0.4) is 0 Å². The van der Waals surface area contributed by atoms with Gasteiger partial charge < -0.3 is 14.7 Å². The quantitative estimate of drug-likeness (QED) is 0.816. The molecule has 0 N–H and O–H groups in total. The van der Waals surface area contributed by atoms with Gasteiger partial charge in [0.2, 0.25) is 5.91 Å². The lowest BCUT2D eigenvalue weighted by atomic mass is 10.2. The molecule has 0 bridgehead atoms. The van der Waals surface area contributed by atoms with Crippen molar-refractivity contribution in [1.29, 1.82) is 0 Å². The lowest BCUT2D eigenvalue weighted by Crippen LogP contribution is -2.51. The molecular formula is C21H23FN4O2. The van der Waals surface area contributed by atoms with Crippen LogP contribution in [0.1, 0.15) is 0 Å². The van der Waals surface area contributed by atoms with Crippen LogP contribution in [0.2, 0.25) is 0 Å². The first-order chi connectivity index (χ1) is 13.6. The van der Waals surface area contributed by atoms with E-state index < -0.39 is 5.82 Å². The Labute approximate surface area is 163 Å². The fourth-order valence-electron chi connectivity index (χ4n) is 3.74. The largest absolute Gasteiger partial charge is 0.368 e. The second-order valence-electron chi connectivity index (χ2n) is 7.01. The molecule has 0 atom stereocenters. The molecule has 2 aromatic carbocycles. The molecule has 2 aliphatic heterocycles. The average molecular weight is 382 g/mol. The molecule has 0 aliphatic carbocycles. The highest BCUT2D eigenvalue weighted by Crippen LogP contribution is 2.23. The third-order valence-corrected chi connectivity index (χ3v) is 5.32. The van der Waals surface area contributed by atoms with Crippen molar-refractivity contribution in [3.8, 4) is 0 Å². The number of nitrogens with zero attached hydrogens (tertiary/aromatic N) is 4. The van der Waals surface area contributed by atoms with Crippen molar-refractivity contribution in [1.82, 2.24) is 9.80 Å². The molecule has 146 valence electrons. The smallest absolute Gasteiger partial charge is 0.325 e. The number of carbonyl (C=O) groups is 2. The van der Waals surface area contributed by atoms with Crippen LogP contribution in [0.4, 0.5) is 20.6 Å².